The maximum Gasteiger partial charge on any atom is 0.276 e. The van der Waals surface area contributed by atoms with Gasteiger partial charge in [-0.2, -0.15) is 0 Å². The lowest BCUT2D eigenvalue weighted by molar-refractivity contribution is -0.308. The van der Waals surface area contributed by atoms with Crippen molar-refractivity contribution in [2.45, 2.75) is 44.3 Å². The quantitative estimate of drug-likeness (QED) is 0.655. The van der Waals surface area contributed by atoms with Crippen LogP contribution in [-0.4, -0.2) is 46.3 Å². The van der Waals surface area contributed by atoms with Crippen molar-refractivity contribution in [2.24, 2.45) is 5.73 Å². The number of carbonyl (C=O) groups excluding carboxylic acids is 3. The van der Waals surface area contributed by atoms with Crippen molar-refractivity contribution in [3.63, 3.8) is 0 Å². The first-order chi connectivity index (χ1) is 13.9. The Morgan fingerprint density at radius 2 is 2.07 bits per heavy atom. The molecule has 0 radical (unpaired) electrons. The van der Waals surface area contributed by atoms with Crippen LogP contribution in [-0.2, 0) is 16.0 Å². The van der Waals surface area contributed by atoms with Crippen LogP contribution in [0.2, 0.25) is 0 Å². The second kappa shape index (κ2) is 8.87. The Labute approximate surface area is 167 Å². The minimum Gasteiger partial charge on any atom is -0.548 e. The van der Waals surface area contributed by atoms with Crippen molar-refractivity contribution >= 4 is 17.8 Å². The molecule has 1 fully saturated rings. The SMILES string of the molecule is CC(N)c1nc(C(=O)N2CCCC2C(=O)NC(Cc2ccccc2)C(=O)[O-])co1. The Morgan fingerprint density at radius 3 is 2.69 bits per heavy atom. The molecule has 2 aromatic rings. The van der Waals surface area contributed by atoms with Gasteiger partial charge < -0.3 is 30.3 Å². The topological polar surface area (TPSA) is 142 Å². The van der Waals surface area contributed by atoms with E-state index in [1.165, 1.54) is 11.2 Å². The average molecular weight is 399 g/mol. The van der Waals surface area contributed by atoms with Crippen LogP contribution in [0.3, 0.4) is 0 Å². The highest BCUT2D eigenvalue weighted by Crippen LogP contribution is 2.21. The smallest absolute Gasteiger partial charge is 0.276 e. The number of nitrogens with one attached hydrogen (secondary N) is 1. The van der Waals surface area contributed by atoms with E-state index in [1.807, 2.05) is 6.07 Å². The van der Waals surface area contributed by atoms with Crippen molar-refractivity contribution in [1.82, 2.24) is 15.2 Å². The van der Waals surface area contributed by atoms with Crippen molar-refractivity contribution < 1.29 is 23.9 Å². The van der Waals surface area contributed by atoms with Gasteiger partial charge in [0.1, 0.15) is 12.3 Å². The van der Waals surface area contributed by atoms with Gasteiger partial charge in [0.05, 0.1) is 18.1 Å². The molecule has 0 saturated carbocycles. The number of aliphatic carboxylic acids is 1. The van der Waals surface area contributed by atoms with Gasteiger partial charge in [0, 0.05) is 6.54 Å². The summed E-state index contributed by atoms with van der Waals surface area (Å²) < 4.78 is 5.19. The Bertz CT molecular complexity index is 880. The second-order valence-electron chi connectivity index (χ2n) is 7.09. The third-order valence-electron chi connectivity index (χ3n) is 4.83. The van der Waals surface area contributed by atoms with Gasteiger partial charge in [0.2, 0.25) is 11.8 Å². The molecule has 29 heavy (non-hydrogen) atoms. The normalized spacial score (nSPS) is 18.3. The Morgan fingerprint density at radius 1 is 1.34 bits per heavy atom. The van der Waals surface area contributed by atoms with Gasteiger partial charge >= 0.3 is 0 Å². The van der Waals surface area contributed by atoms with Gasteiger partial charge in [-0.1, -0.05) is 30.3 Å². The van der Waals surface area contributed by atoms with E-state index < -0.39 is 35.9 Å². The van der Waals surface area contributed by atoms with Crippen molar-refractivity contribution in [3.05, 3.63) is 53.7 Å². The fraction of sp³-hybridized carbons (Fsp3) is 0.400. The highest BCUT2D eigenvalue weighted by atomic mass is 16.4. The predicted octanol–water partition coefficient (Wildman–Crippen LogP) is -0.224. The summed E-state index contributed by atoms with van der Waals surface area (Å²) in [6.45, 7) is 2.05. The number of amides is 2. The Hall–Kier alpha value is -3.20. The molecule has 1 saturated heterocycles. The van der Waals surface area contributed by atoms with E-state index in [0.717, 1.165) is 5.56 Å². The summed E-state index contributed by atoms with van der Waals surface area (Å²) in [6.07, 6.45) is 2.36. The van der Waals surface area contributed by atoms with Gasteiger partial charge in [-0.3, -0.25) is 9.59 Å². The molecule has 154 valence electrons. The molecule has 3 atom stereocenters. The fourth-order valence-electron chi connectivity index (χ4n) is 3.34. The lowest BCUT2D eigenvalue weighted by atomic mass is 10.1. The highest BCUT2D eigenvalue weighted by Gasteiger charge is 2.36. The van der Waals surface area contributed by atoms with E-state index in [9.17, 15) is 19.5 Å². The van der Waals surface area contributed by atoms with Crippen molar-refractivity contribution in [1.29, 1.82) is 0 Å². The summed E-state index contributed by atoms with van der Waals surface area (Å²) in [4.78, 5) is 42.5. The molecule has 3 unspecified atom stereocenters. The molecule has 1 aliphatic heterocycles. The number of nitrogens with two attached hydrogens (primary N) is 1. The standard InChI is InChI=1S/C20H24N4O5/c1-12(21)18-23-15(11-29-18)19(26)24-9-5-8-16(24)17(25)22-14(20(27)28)10-13-6-3-2-4-7-13/h2-4,6-7,11-12,14,16H,5,8-10,21H2,1H3,(H,22,25)(H,27,28)/p-1. The maximum atomic E-state index is 12.8. The van der Waals surface area contributed by atoms with E-state index in [1.54, 1.807) is 31.2 Å². The van der Waals surface area contributed by atoms with Gasteiger partial charge in [-0.15, -0.1) is 0 Å². The molecule has 1 aliphatic rings. The Kier molecular flexibility index (Phi) is 6.28. The van der Waals surface area contributed by atoms with Crippen LogP contribution in [0.15, 0.2) is 41.0 Å². The van der Waals surface area contributed by atoms with E-state index in [4.69, 9.17) is 10.2 Å². The number of hydrogen-bond donors (Lipinski definition) is 2. The van der Waals surface area contributed by atoms with Crippen molar-refractivity contribution in [3.8, 4) is 0 Å². The summed E-state index contributed by atoms with van der Waals surface area (Å²) >= 11 is 0. The third kappa shape index (κ3) is 4.80. The van der Waals surface area contributed by atoms with E-state index in [2.05, 4.69) is 10.3 Å². The van der Waals surface area contributed by atoms with E-state index in [-0.39, 0.29) is 18.0 Å². The number of rotatable bonds is 7. The fourth-order valence-corrected chi connectivity index (χ4v) is 3.34. The van der Waals surface area contributed by atoms with Crippen LogP contribution in [0.1, 0.15) is 47.7 Å². The number of carboxylic acids is 1. The van der Waals surface area contributed by atoms with Crippen LogP contribution < -0.4 is 16.2 Å². The van der Waals surface area contributed by atoms with Gasteiger partial charge in [0.25, 0.3) is 5.91 Å². The number of aromatic nitrogens is 1. The van der Waals surface area contributed by atoms with Crippen LogP contribution >= 0.6 is 0 Å². The molecule has 0 aliphatic carbocycles. The number of nitrogens with zero attached hydrogens (tertiary/aromatic N) is 2. The largest absolute Gasteiger partial charge is 0.548 e. The zero-order valence-electron chi connectivity index (χ0n) is 16.0. The molecule has 3 rings (SSSR count). The molecule has 0 bridgehead atoms. The van der Waals surface area contributed by atoms with Crippen molar-refractivity contribution in [2.75, 3.05) is 6.54 Å². The Balaban J connectivity index is 1.69. The first-order valence-corrected chi connectivity index (χ1v) is 9.44. The number of benzene rings is 1. The lowest BCUT2D eigenvalue weighted by Gasteiger charge is -2.26. The van der Waals surface area contributed by atoms with Gasteiger partial charge in [0.15, 0.2) is 5.69 Å². The molecule has 9 heteroatoms. The molecule has 1 aromatic heterocycles. The molecule has 3 N–H and O–H groups in total. The number of hydrogen-bond acceptors (Lipinski definition) is 7. The minimum atomic E-state index is -1.38. The van der Waals surface area contributed by atoms with Crippen LogP contribution in [0, 0.1) is 0 Å². The number of carbonyl (C=O) groups is 3. The zero-order valence-corrected chi connectivity index (χ0v) is 16.0. The van der Waals surface area contributed by atoms with E-state index >= 15 is 0 Å². The number of likely N-dealkylation sites (tertiary alicyclic amines) is 1. The maximum absolute atomic E-state index is 12.8. The molecular weight excluding hydrogens is 376 g/mol. The summed E-state index contributed by atoms with van der Waals surface area (Å²) in [5.74, 6) is -2.13. The summed E-state index contributed by atoms with van der Waals surface area (Å²) in [5, 5.41) is 14.0. The summed E-state index contributed by atoms with van der Waals surface area (Å²) in [7, 11) is 0. The monoisotopic (exact) mass is 399 g/mol. The molecule has 9 nitrogen and oxygen atoms in total. The minimum absolute atomic E-state index is 0.0673. The molecule has 2 heterocycles. The zero-order chi connectivity index (χ0) is 21.0. The van der Waals surface area contributed by atoms with E-state index in [0.29, 0.717) is 19.4 Å². The first kappa shape index (κ1) is 20.5. The molecule has 2 amide bonds. The first-order valence-electron chi connectivity index (χ1n) is 9.44. The average Bonchev–Trinajstić information content (AvgIpc) is 3.37. The third-order valence-corrected chi connectivity index (χ3v) is 4.83. The number of oxazole rings is 1. The number of carboxylic acid groups (broad SMARTS) is 1. The van der Waals surface area contributed by atoms with Crippen LogP contribution in [0.25, 0.3) is 0 Å². The summed E-state index contributed by atoms with van der Waals surface area (Å²) in [6, 6.07) is 6.50. The van der Waals surface area contributed by atoms with Crippen LogP contribution in [0.5, 0.6) is 0 Å². The van der Waals surface area contributed by atoms with Crippen LogP contribution in [0.4, 0.5) is 0 Å². The molecular formula is C20H23N4O5-. The second-order valence-corrected chi connectivity index (χ2v) is 7.09. The summed E-state index contributed by atoms with van der Waals surface area (Å²) in [5.41, 5.74) is 6.52. The van der Waals surface area contributed by atoms with Gasteiger partial charge in [-0.05, 0) is 31.7 Å². The van der Waals surface area contributed by atoms with Gasteiger partial charge in [-0.25, -0.2) is 4.98 Å². The predicted molar refractivity (Wildman–Crippen MR) is 100 cm³/mol. The molecule has 0 spiro atoms. The highest BCUT2D eigenvalue weighted by molar-refractivity contribution is 5.97. The molecule has 1 aromatic carbocycles. The lowest BCUT2D eigenvalue weighted by Crippen LogP contribution is -2.54.